The van der Waals surface area contributed by atoms with Crippen LogP contribution in [-0.4, -0.2) is 18.8 Å². The van der Waals surface area contributed by atoms with Crippen molar-refractivity contribution >= 4 is 0 Å². The van der Waals surface area contributed by atoms with E-state index in [1.165, 1.54) is 0 Å². The molecule has 0 saturated carbocycles. The number of hydrogen-bond acceptors (Lipinski definition) is 4. The number of hydrogen-bond donors (Lipinski definition) is 2. The maximum absolute atomic E-state index is 5.95. The minimum absolute atomic E-state index is 0.0349. The van der Waals surface area contributed by atoms with Crippen molar-refractivity contribution in [2.24, 2.45) is 17.7 Å². The first-order chi connectivity index (χ1) is 9.60. The van der Waals surface area contributed by atoms with Crippen LogP contribution in [0.1, 0.15) is 39.3 Å². The van der Waals surface area contributed by atoms with Gasteiger partial charge in [0.15, 0.2) is 0 Å². The molecule has 4 nitrogen and oxygen atoms in total. The van der Waals surface area contributed by atoms with Crippen LogP contribution in [0.4, 0.5) is 0 Å². The number of nitrogens with two attached hydrogens (primary N) is 1. The molecular weight excluding hydrogens is 252 g/mol. The van der Waals surface area contributed by atoms with Crippen molar-refractivity contribution in [1.82, 2.24) is 5.43 Å². The molecule has 1 heterocycles. The Morgan fingerprint density at radius 3 is 2.50 bits per heavy atom. The molecule has 0 aromatic heterocycles. The first-order valence-corrected chi connectivity index (χ1v) is 7.43. The summed E-state index contributed by atoms with van der Waals surface area (Å²) in [7, 11) is 0. The van der Waals surface area contributed by atoms with Crippen LogP contribution in [0.15, 0.2) is 24.3 Å². The Bertz CT molecular complexity index is 438. The molecule has 1 aromatic rings. The summed E-state index contributed by atoms with van der Waals surface area (Å²) >= 11 is 0. The lowest BCUT2D eigenvalue weighted by Gasteiger charge is -2.30. The van der Waals surface area contributed by atoms with E-state index < -0.39 is 0 Å². The monoisotopic (exact) mass is 278 g/mol. The molecule has 1 aliphatic rings. The zero-order chi connectivity index (χ0) is 14.7. The van der Waals surface area contributed by atoms with Gasteiger partial charge in [-0.2, -0.15) is 0 Å². The lowest BCUT2D eigenvalue weighted by molar-refractivity contribution is 0.0474. The highest BCUT2D eigenvalue weighted by atomic mass is 16.5. The lowest BCUT2D eigenvalue weighted by Crippen LogP contribution is -2.38. The summed E-state index contributed by atoms with van der Waals surface area (Å²) in [5.41, 5.74) is 4.09. The molecule has 0 spiro atoms. The van der Waals surface area contributed by atoms with Crippen molar-refractivity contribution in [2.45, 2.75) is 45.9 Å². The van der Waals surface area contributed by atoms with Crippen molar-refractivity contribution in [3.8, 4) is 5.75 Å². The van der Waals surface area contributed by atoms with Gasteiger partial charge in [0.05, 0.1) is 24.9 Å². The van der Waals surface area contributed by atoms with Crippen LogP contribution in [-0.2, 0) is 4.74 Å². The van der Waals surface area contributed by atoms with Gasteiger partial charge in [0, 0.05) is 11.5 Å². The van der Waals surface area contributed by atoms with E-state index in [4.69, 9.17) is 15.3 Å². The van der Waals surface area contributed by atoms with Crippen LogP contribution in [0, 0.1) is 11.8 Å². The molecule has 0 radical (unpaired) electrons. The van der Waals surface area contributed by atoms with E-state index in [-0.39, 0.29) is 18.2 Å². The fourth-order valence-corrected chi connectivity index (χ4v) is 3.30. The maximum atomic E-state index is 5.95. The molecular formula is C16H26N2O2. The molecule has 112 valence electrons. The molecule has 1 fully saturated rings. The quantitative estimate of drug-likeness (QED) is 0.642. The SMILES string of the molecule is CCOc1ccccc1C(NN)C1C(C)OC(C)C1C. The smallest absolute Gasteiger partial charge is 0.124 e. The van der Waals surface area contributed by atoms with Gasteiger partial charge in [-0.3, -0.25) is 11.3 Å². The van der Waals surface area contributed by atoms with E-state index >= 15 is 0 Å². The van der Waals surface area contributed by atoms with Gasteiger partial charge in [-0.25, -0.2) is 0 Å². The third kappa shape index (κ3) is 2.82. The number of nitrogens with one attached hydrogen (secondary N) is 1. The standard InChI is InChI=1S/C16H26N2O2/c1-5-19-14-9-7-6-8-13(14)16(18-17)15-10(2)11(3)20-12(15)4/h6-12,15-16,18H,5,17H2,1-4H3. The minimum atomic E-state index is 0.0349. The van der Waals surface area contributed by atoms with Crippen molar-refractivity contribution in [3.05, 3.63) is 29.8 Å². The van der Waals surface area contributed by atoms with Crippen molar-refractivity contribution in [1.29, 1.82) is 0 Å². The van der Waals surface area contributed by atoms with Crippen molar-refractivity contribution in [2.75, 3.05) is 6.61 Å². The molecule has 1 aromatic carbocycles. The summed E-state index contributed by atoms with van der Waals surface area (Å²) in [6, 6.07) is 8.13. The Balaban J connectivity index is 2.33. The normalized spacial score (nSPS) is 31.2. The second kappa shape index (κ2) is 6.57. The molecule has 20 heavy (non-hydrogen) atoms. The number of para-hydroxylation sites is 1. The number of rotatable bonds is 5. The summed E-state index contributed by atoms with van der Waals surface area (Å²) in [5.74, 6) is 7.53. The summed E-state index contributed by atoms with van der Waals surface area (Å²) in [6.45, 7) is 9.12. The van der Waals surface area contributed by atoms with Gasteiger partial charge in [-0.1, -0.05) is 25.1 Å². The van der Waals surface area contributed by atoms with Crippen LogP contribution < -0.4 is 16.0 Å². The molecule has 1 aliphatic heterocycles. The largest absolute Gasteiger partial charge is 0.494 e. The summed E-state index contributed by atoms with van der Waals surface area (Å²) in [6.07, 6.45) is 0.431. The molecule has 0 aliphatic carbocycles. The van der Waals surface area contributed by atoms with E-state index in [9.17, 15) is 0 Å². The molecule has 4 heteroatoms. The van der Waals surface area contributed by atoms with Gasteiger partial charge in [0.2, 0.25) is 0 Å². The van der Waals surface area contributed by atoms with Gasteiger partial charge in [0.25, 0.3) is 0 Å². The predicted octanol–water partition coefficient (Wildman–Crippen LogP) is 2.65. The maximum Gasteiger partial charge on any atom is 0.124 e. The average Bonchev–Trinajstić information content (AvgIpc) is 2.68. The molecule has 2 rings (SSSR count). The van der Waals surface area contributed by atoms with Crippen molar-refractivity contribution < 1.29 is 9.47 Å². The summed E-state index contributed by atoms with van der Waals surface area (Å²) < 4.78 is 11.7. The molecule has 0 amide bonds. The van der Waals surface area contributed by atoms with Crippen molar-refractivity contribution in [3.63, 3.8) is 0 Å². The summed E-state index contributed by atoms with van der Waals surface area (Å²) in [5, 5.41) is 0. The molecule has 0 bridgehead atoms. The van der Waals surface area contributed by atoms with E-state index in [2.05, 4.69) is 32.3 Å². The molecule has 3 N–H and O–H groups in total. The second-order valence-electron chi connectivity index (χ2n) is 5.60. The van der Waals surface area contributed by atoms with E-state index in [1.54, 1.807) is 0 Å². The van der Waals surface area contributed by atoms with Gasteiger partial charge >= 0.3 is 0 Å². The van der Waals surface area contributed by atoms with Gasteiger partial charge in [-0.05, 0) is 32.8 Å². The van der Waals surface area contributed by atoms with Crippen LogP contribution in [0.3, 0.4) is 0 Å². The van der Waals surface area contributed by atoms with Gasteiger partial charge in [0.1, 0.15) is 5.75 Å². The topological polar surface area (TPSA) is 56.5 Å². The van der Waals surface area contributed by atoms with E-state index in [0.29, 0.717) is 18.4 Å². The molecule has 5 atom stereocenters. The first-order valence-electron chi connectivity index (χ1n) is 7.43. The number of benzene rings is 1. The summed E-state index contributed by atoms with van der Waals surface area (Å²) in [4.78, 5) is 0. The van der Waals surface area contributed by atoms with Crippen LogP contribution in [0.2, 0.25) is 0 Å². The zero-order valence-corrected chi connectivity index (χ0v) is 12.8. The third-order valence-electron chi connectivity index (χ3n) is 4.44. The van der Waals surface area contributed by atoms with Gasteiger partial charge < -0.3 is 9.47 Å². The van der Waals surface area contributed by atoms with E-state index in [1.807, 2.05) is 25.1 Å². The first kappa shape index (κ1) is 15.3. The Morgan fingerprint density at radius 1 is 1.25 bits per heavy atom. The highest BCUT2D eigenvalue weighted by Crippen LogP contribution is 2.42. The van der Waals surface area contributed by atoms with Crippen LogP contribution in [0.25, 0.3) is 0 Å². The molecule has 1 saturated heterocycles. The highest BCUT2D eigenvalue weighted by molar-refractivity contribution is 5.36. The average molecular weight is 278 g/mol. The predicted molar refractivity (Wildman–Crippen MR) is 80.3 cm³/mol. The number of hydrazine groups is 1. The fraction of sp³-hybridized carbons (Fsp3) is 0.625. The zero-order valence-electron chi connectivity index (χ0n) is 12.8. The van der Waals surface area contributed by atoms with Crippen LogP contribution >= 0.6 is 0 Å². The minimum Gasteiger partial charge on any atom is -0.494 e. The third-order valence-corrected chi connectivity index (χ3v) is 4.44. The Hall–Kier alpha value is -1.10. The lowest BCUT2D eigenvalue weighted by atomic mass is 9.80. The fourth-order valence-electron chi connectivity index (χ4n) is 3.30. The Kier molecular flexibility index (Phi) is 5.02. The van der Waals surface area contributed by atoms with Gasteiger partial charge in [-0.15, -0.1) is 0 Å². The van der Waals surface area contributed by atoms with E-state index in [0.717, 1.165) is 11.3 Å². The number of ether oxygens (including phenoxy) is 2. The Labute approximate surface area is 121 Å². The Morgan fingerprint density at radius 2 is 1.95 bits per heavy atom. The van der Waals surface area contributed by atoms with Crippen LogP contribution in [0.5, 0.6) is 5.75 Å². The second-order valence-corrected chi connectivity index (χ2v) is 5.60. The highest BCUT2D eigenvalue weighted by Gasteiger charge is 2.42. The molecule has 5 unspecified atom stereocenters.